The molecule has 1 N–H and O–H groups in total. The fourth-order valence-electron chi connectivity index (χ4n) is 2.72. The van der Waals surface area contributed by atoms with E-state index >= 15 is 0 Å². The Morgan fingerprint density at radius 1 is 1.33 bits per heavy atom. The predicted molar refractivity (Wildman–Crippen MR) is 98.5 cm³/mol. The van der Waals surface area contributed by atoms with Crippen LogP contribution in [0.4, 0.5) is 5.82 Å². The molecule has 1 aliphatic heterocycles. The van der Waals surface area contributed by atoms with Gasteiger partial charge >= 0.3 is 0 Å². The van der Waals surface area contributed by atoms with Gasteiger partial charge in [-0.1, -0.05) is 12.7 Å². The highest BCUT2D eigenvalue weighted by Gasteiger charge is 2.18. The SMILES string of the molecule is C=Cc1cnc(C)c(C(=O)c2cncc(N3CCCNCC3)n2)c1.[HH].[HH]. The lowest BCUT2D eigenvalue weighted by atomic mass is 10.1. The lowest BCUT2D eigenvalue weighted by Gasteiger charge is -2.20. The van der Waals surface area contributed by atoms with Crippen LogP contribution in [0.3, 0.4) is 0 Å². The van der Waals surface area contributed by atoms with E-state index in [0.717, 1.165) is 44.0 Å². The second-order valence-corrected chi connectivity index (χ2v) is 5.79. The minimum Gasteiger partial charge on any atom is -0.354 e. The van der Waals surface area contributed by atoms with Crippen molar-refractivity contribution in [3.8, 4) is 0 Å². The number of nitrogens with zero attached hydrogens (tertiary/aromatic N) is 4. The summed E-state index contributed by atoms with van der Waals surface area (Å²) in [6.45, 7) is 9.22. The number of hydrogen-bond acceptors (Lipinski definition) is 6. The van der Waals surface area contributed by atoms with Crippen molar-refractivity contribution in [2.24, 2.45) is 0 Å². The molecule has 1 aliphatic rings. The predicted octanol–water partition coefficient (Wildman–Crippen LogP) is 2.35. The lowest BCUT2D eigenvalue weighted by Crippen LogP contribution is -2.29. The number of anilines is 1. The number of carbonyl (C=O) groups is 1. The van der Waals surface area contributed by atoms with Gasteiger partial charge in [-0.05, 0) is 31.5 Å². The summed E-state index contributed by atoms with van der Waals surface area (Å²) in [6, 6.07) is 1.79. The first kappa shape index (κ1) is 16.3. The van der Waals surface area contributed by atoms with E-state index in [1.165, 1.54) is 6.20 Å². The van der Waals surface area contributed by atoms with E-state index in [0.29, 0.717) is 17.0 Å². The van der Waals surface area contributed by atoms with Crippen LogP contribution in [-0.2, 0) is 0 Å². The number of hydrogen-bond donors (Lipinski definition) is 1. The van der Waals surface area contributed by atoms with Gasteiger partial charge in [-0.3, -0.25) is 14.8 Å². The molecular formula is C18H25N5O. The lowest BCUT2D eigenvalue weighted by molar-refractivity contribution is 0.103. The average molecular weight is 327 g/mol. The van der Waals surface area contributed by atoms with E-state index in [9.17, 15) is 4.79 Å². The fourth-order valence-corrected chi connectivity index (χ4v) is 2.72. The Kier molecular flexibility index (Phi) is 4.96. The van der Waals surface area contributed by atoms with Crippen molar-refractivity contribution in [2.75, 3.05) is 31.1 Å². The number of pyridine rings is 1. The zero-order chi connectivity index (χ0) is 16.9. The van der Waals surface area contributed by atoms with Gasteiger partial charge in [0, 0.05) is 39.9 Å². The standard InChI is InChI=1S/C18H21N5O.2H2/c1-3-14-9-15(13(2)21-10-14)18(24)16-11-20-12-17(22-16)23-7-4-5-19-6-8-23;;/h3,9-12,19H,1,4-8H2,2H3;2*1H. The monoisotopic (exact) mass is 327 g/mol. The first-order valence-electron chi connectivity index (χ1n) is 8.10. The Bertz CT molecular complexity index is 761. The van der Waals surface area contributed by atoms with Gasteiger partial charge in [0.1, 0.15) is 11.5 Å². The second-order valence-electron chi connectivity index (χ2n) is 5.79. The van der Waals surface area contributed by atoms with Gasteiger partial charge in [-0.25, -0.2) is 4.98 Å². The molecule has 3 heterocycles. The molecule has 6 nitrogen and oxygen atoms in total. The largest absolute Gasteiger partial charge is 0.354 e. The number of carbonyl (C=O) groups excluding carboxylic acids is 1. The molecule has 1 saturated heterocycles. The van der Waals surface area contributed by atoms with Gasteiger partial charge in [0.05, 0.1) is 12.4 Å². The third-order valence-electron chi connectivity index (χ3n) is 4.11. The molecule has 2 aromatic rings. The number of aromatic nitrogens is 3. The first-order valence-corrected chi connectivity index (χ1v) is 8.10. The Morgan fingerprint density at radius 3 is 3.04 bits per heavy atom. The third kappa shape index (κ3) is 3.49. The maximum absolute atomic E-state index is 12.8. The van der Waals surface area contributed by atoms with Crippen LogP contribution in [0.1, 0.15) is 36.6 Å². The van der Waals surface area contributed by atoms with Gasteiger partial charge in [0.2, 0.25) is 5.78 Å². The molecule has 0 amide bonds. The Balaban J connectivity index is 0.00000169. The molecule has 24 heavy (non-hydrogen) atoms. The Labute approximate surface area is 144 Å². The first-order chi connectivity index (χ1) is 11.7. The molecule has 0 aromatic carbocycles. The number of ketones is 1. The zero-order valence-corrected chi connectivity index (χ0v) is 13.8. The van der Waals surface area contributed by atoms with E-state index in [2.05, 4.69) is 31.7 Å². The van der Waals surface area contributed by atoms with Gasteiger partial charge in [-0.15, -0.1) is 0 Å². The van der Waals surface area contributed by atoms with Crippen molar-refractivity contribution >= 4 is 17.7 Å². The van der Waals surface area contributed by atoms with Crippen molar-refractivity contribution in [3.63, 3.8) is 0 Å². The van der Waals surface area contributed by atoms with Gasteiger partial charge in [0.15, 0.2) is 0 Å². The van der Waals surface area contributed by atoms with E-state index < -0.39 is 0 Å². The van der Waals surface area contributed by atoms with E-state index in [1.807, 2.05) is 6.92 Å². The molecule has 0 spiro atoms. The fraction of sp³-hybridized carbons (Fsp3) is 0.333. The summed E-state index contributed by atoms with van der Waals surface area (Å²) in [6.07, 6.45) is 7.65. The molecule has 0 unspecified atom stereocenters. The number of rotatable bonds is 4. The quantitative estimate of drug-likeness (QED) is 0.869. The Morgan fingerprint density at radius 2 is 2.21 bits per heavy atom. The van der Waals surface area contributed by atoms with Crippen LogP contribution in [0.15, 0.2) is 31.2 Å². The van der Waals surface area contributed by atoms with E-state index in [1.54, 1.807) is 24.5 Å². The van der Waals surface area contributed by atoms with Crippen LogP contribution in [0.2, 0.25) is 0 Å². The second kappa shape index (κ2) is 7.31. The van der Waals surface area contributed by atoms with Crippen LogP contribution in [-0.4, -0.2) is 46.9 Å². The van der Waals surface area contributed by atoms with Gasteiger partial charge < -0.3 is 10.2 Å². The summed E-state index contributed by atoms with van der Waals surface area (Å²) < 4.78 is 0. The van der Waals surface area contributed by atoms with Gasteiger partial charge in [-0.2, -0.15) is 0 Å². The van der Waals surface area contributed by atoms with E-state index in [-0.39, 0.29) is 8.64 Å². The maximum Gasteiger partial charge on any atom is 0.214 e. The number of aryl methyl sites for hydroxylation is 1. The van der Waals surface area contributed by atoms with Gasteiger partial charge in [0.25, 0.3) is 0 Å². The number of nitrogens with one attached hydrogen (secondary N) is 1. The van der Waals surface area contributed by atoms with Crippen LogP contribution >= 0.6 is 0 Å². The summed E-state index contributed by atoms with van der Waals surface area (Å²) in [5.41, 5.74) is 2.37. The molecule has 0 aliphatic carbocycles. The van der Waals surface area contributed by atoms with Crippen molar-refractivity contribution in [1.82, 2.24) is 20.3 Å². The average Bonchev–Trinajstić information content (AvgIpc) is 2.91. The summed E-state index contributed by atoms with van der Waals surface area (Å²) in [4.78, 5) is 28.0. The smallest absolute Gasteiger partial charge is 0.214 e. The molecule has 1 fully saturated rings. The summed E-state index contributed by atoms with van der Waals surface area (Å²) in [5.74, 6) is 0.584. The zero-order valence-electron chi connectivity index (χ0n) is 13.8. The van der Waals surface area contributed by atoms with Crippen LogP contribution < -0.4 is 10.2 Å². The van der Waals surface area contributed by atoms with Crippen LogP contribution in [0.5, 0.6) is 0 Å². The van der Waals surface area contributed by atoms with Crippen molar-refractivity contribution in [2.45, 2.75) is 13.3 Å². The van der Waals surface area contributed by atoms with Crippen molar-refractivity contribution < 1.29 is 7.65 Å². The van der Waals surface area contributed by atoms with E-state index in [4.69, 9.17) is 0 Å². The van der Waals surface area contributed by atoms with Crippen LogP contribution in [0.25, 0.3) is 6.08 Å². The normalized spacial score (nSPS) is 15.0. The highest BCUT2D eigenvalue weighted by Crippen LogP contribution is 2.16. The molecule has 128 valence electrons. The molecule has 2 aromatic heterocycles. The topological polar surface area (TPSA) is 71.0 Å². The molecular weight excluding hydrogens is 302 g/mol. The molecule has 0 radical (unpaired) electrons. The summed E-state index contributed by atoms with van der Waals surface area (Å²) >= 11 is 0. The minimum atomic E-state index is -0.161. The maximum atomic E-state index is 12.8. The van der Waals surface area contributed by atoms with Crippen molar-refractivity contribution in [3.05, 3.63) is 53.8 Å². The molecule has 0 bridgehead atoms. The molecule has 0 saturated carbocycles. The van der Waals surface area contributed by atoms with Crippen LogP contribution in [0, 0.1) is 6.92 Å². The minimum absolute atomic E-state index is 0. The molecule has 6 heteroatoms. The highest BCUT2D eigenvalue weighted by atomic mass is 16.1. The summed E-state index contributed by atoms with van der Waals surface area (Å²) in [5, 5.41) is 3.36. The highest BCUT2D eigenvalue weighted by molar-refractivity contribution is 6.08. The third-order valence-corrected chi connectivity index (χ3v) is 4.11. The molecule has 3 rings (SSSR count). The van der Waals surface area contributed by atoms with Crippen molar-refractivity contribution in [1.29, 1.82) is 0 Å². The molecule has 0 atom stereocenters. The Hall–Kier alpha value is -2.60. The summed E-state index contributed by atoms with van der Waals surface area (Å²) in [7, 11) is 0.